The number of aromatic nitrogens is 3. The van der Waals surface area contributed by atoms with E-state index in [2.05, 4.69) is 27.0 Å². The lowest BCUT2D eigenvalue weighted by molar-refractivity contribution is 0.151. The van der Waals surface area contributed by atoms with Crippen molar-refractivity contribution in [2.24, 2.45) is 11.8 Å². The fourth-order valence-corrected chi connectivity index (χ4v) is 4.77. The molecule has 1 N–H and O–H groups in total. The van der Waals surface area contributed by atoms with Crippen LogP contribution in [-0.4, -0.2) is 21.3 Å². The van der Waals surface area contributed by atoms with E-state index in [1.54, 1.807) is 0 Å². The Morgan fingerprint density at radius 3 is 2.70 bits per heavy atom. The third-order valence-corrected chi connectivity index (χ3v) is 5.89. The Balaban J connectivity index is 1.56. The van der Waals surface area contributed by atoms with Gasteiger partial charge in [-0.2, -0.15) is 0 Å². The van der Waals surface area contributed by atoms with Gasteiger partial charge in [-0.05, 0) is 38.0 Å². The van der Waals surface area contributed by atoms with Crippen molar-refractivity contribution >= 4 is 0 Å². The van der Waals surface area contributed by atoms with E-state index in [-0.39, 0.29) is 0 Å². The Kier molecular flexibility index (Phi) is 3.29. The second-order valence-corrected chi connectivity index (χ2v) is 7.06. The molecule has 1 aromatic rings. The first-order valence-corrected chi connectivity index (χ1v) is 8.49. The van der Waals surface area contributed by atoms with E-state index in [0.717, 1.165) is 30.7 Å². The first kappa shape index (κ1) is 12.8. The molecule has 4 nitrogen and oxygen atoms in total. The van der Waals surface area contributed by atoms with Crippen molar-refractivity contribution in [3.8, 4) is 0 Å². The minimum absolute atomic E-state index is 0.357. The summed E-state index contributed by atoms with van der Waals surface area (Å²) >= 11 is 0. The molecule has 4 atom stereocenters. The predicted octanol–water partition coefficient (Wildman–Crippen LogP) is 3.02. The summed E-state index contributed by atoms with van der Waals surface area (Å²) in [6, 6.07) is 0.357. The molecule has 20 heavy (non-hydrogen) atoms. The molecular formula is C16H26N4. The molecule has 1 aromatic heterocycles. The number of hydrogen-bond acceptors (Lipinski definition) is 3. The monoisotopic (exact) mass is 274 g/mol. The summed E-state index contributed by atoms with van der Waals surface area (Å²) in [5, 5.41) is 12.5. The lowest BCUT2D eigenvalue weighted by atomic mass is 9.67. The molecule has 0 aromatic carbocycles. The lowest BCUT2D eigenvalue weighted by Crippen LogP contribution is -2.34. The van der Waals surface area contributed by atoms with Gasteiger partial charge in [0.1, 0.15) is 11.6 Å². The van der Waals surface area contributed by atoms with Gasteiger partial charge < -0.3 is 9.88 Å². The Labute approximate surface area is 121 Å². The van der Waals surface area contributed by atoms with E-state index in [0.29, 0.717) is 12.0 Å². The summed E-state index contributed by atoms with van der Waals surface area (Å²) < 4.78 is 2.41. The van der Waals surface area contributed by atoms with Crippen molar-refractivity contribution in [3.63, 3.8) is 0 Å². The van der Waals surface area contributed by atoms with Gasteiger partial charge in [0.15, 0.2) is 0 Å². The highest BCUT2D eigenvalue weighted by molar-refractivity contribution is 5.09. The van der Waals surface area contributed by atoms with E-state index in [1.807, 2.05) is 0 Å². The molecule has 0 bridgehead atoms. The van der Waals surface area contributed by atoms with Crippen LogP contribution in [0.25, 0.3) is 0 Å². The van der Waals surface area contributed by atoms with Crippen molar-refractivity contribution in [1.29, 1.82) is 0 Å². The number of nitrogens with one attached hydrogen (secondary N) is 1. The second kappa shape index (κ2) is 5.14. The lowest BCUT2D eigenvalue weighted by Gasteiger charge is -2.39. The average Bonchev–Trinajstić information content (AvgIpc) is 2.92. The molecule has 1 aliphatic heterocycles. The molecule has 0 amide bonds. The SMILES string of the molecule is CC1NCCn2c(C3CCC4CCCCC4C3)nnc21. The Morgan fingerprint density at radius 1 is 1.00 bits per heavy atom. The minimum atomic E-state index is 0.357. The Morgan fingerprint density at radius 2 is 1.80 bits per heavy atom. The van der Waals surface area contributed by atoms with Crippen molar-refractivity contribution in [1.82, 2.24) is 20.1 Å². The molecule has 2 saturated carbocycles. The van der Waals surface area contributed by atoms with Gasteiger partial charge in [0.2, 0.25) is 0 Å². The van der Waals surface area contributed by atoms with Crippen LogP contribution < -0.4 is 5.32 Å². The molecule has 4 rings (SSSR count). The second-order valence-electron chi connectivity index (χ2n) is 7.06. The summed E-state index contributed by atoms with van der Waals surface area (Å²) in [6.45, 7) is 4.30. The molecule has 4 unspecified atom stereocenters. The largest absolute Gasteiger partial charge is 0.312 e. The average molecular weight is 274 g/mol. The van der Waals surface area contributed by atoms with Crippen LogP contribution in [-0.2, 0) is 6.54 Å². The van der Waals surface area contributed by atoms with Gasteiger partial charge in [0.25, 0.3) is 0 Å². The maximum atomic E-state index is 4.58. The predicted molar refractivity (Wildman–Crippen MR) is 78.5 cm³/mol. The third kappa shape index (κ3) is 2.09. The Bertz CT molecular complexity index is 481. The summed E-state index contributed by atoms with van der Waals surface area (Å²) in [5.41, 5.74) is 0. The minimum Gasteiger partial charge on any atom is -0.312 e. The zero-order valence-electron chi connectivity index (χ0n) is 12.5. The van der Waals surface area contributed by atoms with Gasteiger partial charge in [-0.25, -0.2) is 0 Å². The van der Waals surface area contributed by atoms with Crippen LogP contribution in [0.2, 0.25) is 0 Å². The maximum absolute atomic E-state index is 4.58. The number of rotatable bonds is 1. The van der Waals surface area contributed by atoms with Crippen molar-refractivity contribution in [3.05, 3.63) is 11.6 Å². The Hall–Kier alpha value is -0.900. The van der Waals surface area contributed by atoms with Crippen molar-refractivity contribution in [2.75, 3.05) is 6.54 Å². The normalized spacial score (nSPS) is 37.2. The van der Waals surface area contributed by atoms with Crippen LogP contribution in [0.15, 0.2) is 0 Å². The van der Waals surface area contributed by atoms with E-state index in [9.17, 15) is 0 Å². The fourth-order valence-electron chi connectivity index (χ4n) is 4.77. The molecule has 0 radical (unpaired) electrons. The van der Waals surface area contributed by atoms with Gasteiger partial charge in [-0.15, -0.1) is 10.2 Å². The fraction of sp³-hybridized carbons (Fsp3) is 0.875. The molecule has 0 spiro atoms. The first-order chi connectivity index (χ1) is 9.83. The summed E-state index contributed by atoms with van der Waals surface area (Å²) in [7, 11) is 0. The number of hydrogen-bond donors (Lipinski definition) is 1. The number of nitrogens with zero attached hydrogens (tertiary/aromatic N) is 3. The number of fused-ring (bicyclic) bond motifs is 2. The van der Waals surface area contributed by atoms with E-state index >= 15 is 0 Å². The topological polar surface area (TPSA) is 42.7 Å². The van der Waals surface area contributed by atoms with E-state index < -0.39 is 0 Å². The molecule has 2 aliphatic carbocycles. The molecule has 0 saturated heterocycles. The molecule has 4 heteroatoms. The van der Waals surface area contributed by atoms with Crippen LogP contribution in [0.4, 0.5) is 0 Å². The van der Waals surface area contributed by atoms with Gasteiger partial charge in [-0.1, -0.05) is 25.7 Å². The molecule has 3 aliphatic rings. The van der Waals surface area contributed by atoms with Gasteiger partial charge in [0.05, 0.1) is 6.04 Å². The smallest absolute Gasteiger partial charge is 0.149 e. The quantitative estimate of drug-likeness (QED) is 0.856. The summed E-state index contributed by atoms with van der Waals surface area (Å²) in [6.07, 6.45) is 9.98. The highest BCUT2D eigenvalue weighted by atomic mass is 15.3. The highest BCUT2D eigenvalue weighted by Crippen LogP contribution is 2.45. The van der Waals surface area contributed by atoms with Gasteiger partial charge >= 0.3 is 0 Å². The van der Waals surface area contributed by atoms with Crippen LogP contribution in [0.3, 0.4) is 0 Å². The zero-order chi connectivity index (χ0) is 13.5. The zero-order valence-corrected chi connectivity index (χ0v) is 12.5. The van der Waals surface area contributed by atoms with E-state index in [4.69, 9.17) is 0 Å². The summed E-state index contributed by atoms with van der Waals surface area (Å²) in [4.78, 5) is 0. The van der Waals surface area contributed by atoms with Crippen LogP contribution in [0.5, 0.6) is 0 Å². The van der Waals surface area contributed by atoms with Crippen LogP contribution in [0, 0.1) is 11.8 Å². The standard InChI is InChI=1S/C16H26N4/c1-11-15-18-19-16(20(15)9-8-17-11)14-7-6-12-4-2-3-5-13(12)10-14/h11-14,17H,2-10H2,1H3. The molecule has 110 valence electrons. The maximum Gasteiger partial charge on any atom is 0.149 e. The molecular weight excluding hydrogens is 248 g/mol. The van der Waals surface area contributed by atoms with Crippen molar-refractivity contribution < 1.29 is 0 Å². The van der Waals surface area contributed by atoms with Crippen LogP contribution >= 0.6 is 0 Å². The highest BCUT2D eigenvalue weighted by Gasteiger charge is 2.35. The summed E-state index contributed by atoms with van der Waals surface area (Å²) in [5.74, 6) is 5.09. The first-order valence-electron chi connectivity index (χ1n) is 8.49. The van der Waals surface area contributed by atoms with Gasteiger partial charge in [0, 0.05) is 19.0 Å². The van der Waals surface area contributed by atoms with Gasteiger partial charge in [-0.3, -0.25) is 0 Å². The van der Waals surface area contributed by atoms with Crippen molar-refractivity contribution in [2.45, 2.75) is 70.4 Å². The third-order valence-electron chi connectivity index (χ3n) is 5.89. The van der Waals surface area contributed by atoms with E-state index in [1.165, 1.54) is 50.8 Å². The molecule has 2 heterocycles. The molecule has 2 fully saturated rings. The van der Waals surface area contributed by atoms with Crippen LogP contribution in [0.1, 0.15) is 75.5 Å².